The van der Waals surface area contributed by atoms with Crippen LogP contribution in [0.25, 0.3) is 10.4 Å². The van der Waals surface area contributed by atoms with Crippen molar-refractivity contribution >= 4 is 0 Å². The van der Waals surface area contributed by atoms with Gasteiger partial charge in [0.25, 0.3) is 5.56 Å². The average Bonchev–Trinajstić information content (AvgIpc) is 2.66. The van der Waals surface area contributed by atoms with Crippen molar-refractivity contribution in [2.45, 2.75) is 31.9 Å². The molecule has 9 nitrogen and oxygen atoms in total. The SMILES string of the molecule is Cc1cn([C@H]2C[C@H](N=[N+]=[N-])[C@@H](O)O2)c(=O)[nH]c1=O. The number of rotatable bonds is 2. The van der Waals surface area contributed by atoms with Crippen LogP contribution >= 0.6 is 0 Å². The monoisotopic (exact) mass is 253 g/mol. The lowest BCUT2D eigenvalue weighted by molar-refractivity contribution is -0.118. The molecule has 96 valence electrons. The van der Waals surface area contributed by atoms with Crippen LogP contribution in [0.1, 0.15) is 18.2 Å². The van der Waals surface area contributed by atoms with Crippen molar-refractivity contribution in [3.8, 4) is 0 Å². The van der Waals surface area contributed by atoms with E-state index >= 15 is 0 Å². The van der Waals surface area contributed by atoms with Crippen LogP contribution in [0.4, 0.5) is 0 Å². The highest BCUT2D eigenvalue weighted by Gasteiger charge is 2.34. The predicted octanol–water partition coefficient (Wildman–Crippen LogP) is -0.239. The van der Waals surface area contributed by atoms with Crippen LogP contribution in [0.5, 0.6) is 0 Å². The molecule has 0 spiro atoms. The normalized spacial score (nSPS) is 26.9. The lowest BCUT2D eigenvalue weighted by Crippen LogP contribution is -2.33. The van der Waals surface area contributed by atoms with E-state index in [4.69, 9.17) is 10.3 Å². The summed E-state index contributed by atoms with van der Waals surface area (Å²) in [5, 5.41) is 12.9. The number of aromatic amines is 1. The van der Waals surface area contributed by atoms with Gasteiger partial charge in [-0.15, -0.1) is 0 Å². The van der Waals surface area contributed by atoms with E-state index in [2.05, 4.69) is 15.0 Å². The van der Waals surface area contributed by atoms with Crippen LogP contribution in [0.3, 0.4) is 0 Å². The molecule has 0 aliphatic carbocycles. The Morgan fingerprint density at radius 1 is 1.67 bits per heavy atom. The van der Waals surface area contributed by atoms with Gasteiger partial charge in [0.2, 0.25) is 0 Å². The summed E-state index contributed by atoms with van der Waals surface area (Å²) < 4.78 is 6.28. The van der Waals surface area contributed by atoms with Crippen molar-refractivity contribution in [2.75, 3.05) is 0 Å². The summed E-state index contributed by atoms with van der Waals surface area (Å²) in [5.41, 5.74) is 7.55. The Hall–Kier alpha value is -2.09. The Balaban J connectivity index is 2.35. The molecule has 0 radical (unpaired) electrons. The number of aromatic nitrogens is 2. The molecule has 2 rings (SSSR count). The van der Waals surface area contributed by atoms with E-state index in [1.165, 1.54) is 6.20 Å². The van der Waals surface area contributed by atoms with Crippen molar-refractivity contribution in [3.05, 3.63) is 43.0 Å². The van der Waals surface area contributed by atoms with E-state index < -0.39 is 29.8 Å². The number of hydrogen-bond acceptors (Lipinski definition) is 5. The maximum atomic E-state index is 11.6. The van der Waals surface area contributed by atoms with E-state index in [0.29, 0.717) is 5.56 Å². The zero-order valence-electron chi connectivity index (χ0n) is 9.48. The van der Waals surface area contributed by atoms with Gasteiger partial charge in [0.1, 0.15) is 6.23 Å². The molecule has 0 aromatic carbocycles. The molecule has 1 aromatic heterocycles. The van der Waals surface area contributed by atoms with Crippen molar-refractivity contribution in [1.82, 2.24) is 9.55 Å². The predicted molar refractivity (Wildman–Crippen MR) is 59.7 cm³/mol. The lowest BCUT2D eigenvalue weighted by atomic mass is 10.2. The first-order valence-electron chi connectivity index (χ1n) is 5.22. The number of hydrogen-bond donors (Lipinski definition) is 2. The molecule has 1 aromatic rings. The van der Waals surface area contributed by atoms with Gasteiger partial charge < -0.3 is 9.84 Å². The molecule has 2 heterocycles. The summed E-state index contributed by atoms with van der Waals surface area (Å²) in [6.07, 6.45) is -0.517. The fraction of sp³-hybridized carbons (Fsp3) is 0.556. The summed E-state index contributed by atoms with van der Waals surface area (Å²) in [4.78, 5) is 27.5. The number of nitrogens with zero attached hydrogens (tertiary/aromatic N) is 4. The molecule has 9 heteroatoms. The smallest absolute Gasteiger partial charge is 0.330 e. The van der Waals surface area contributed by atoms with Crippen LogP contribution in [-0.2, 0) is 4.74 Å². The Morgan fingerprint density at radius 3 is 3.06 bits per heavy atom. The molecule has 3 atom stereocenters. The number of aryl methyl sites for hydroxylation is 1. The van der Waals surface area contributed by atoms with Crippen LogP contribution in [0.15, 0.2) is 20.9 Å². The quantitative estimate of drug-likeness (QED) is 0.427. The summed E-state index contributed by atoms with van der Waals surface area (Å²) in [6.45, 7) is 1.55. The summed E-state index contributed by atoms with van der Waals surface area (Å²) in [6, 6.07) is -0.751. The second-order valence-corrected chi connectivity index (χ2v) is 3.97. The third-order valence-electron chi connectivity index (χ3n) is 2.72. The van der Waals surface area contributed by atoms with Gasteiger partial charge in [-0.05, 0) is 12.5 Å². The highest BCUT2D eigenvalue weighted by molar-refractivity contribution is 5.02. The minimum atomic E-state index is -1.26. The van der Waals surface area contributed by atoms with Crippen LogP contribution < -0.4 is 11.2 Å². The molecule has 1 saturated heterocycles. The van der Waals surface area contributed by atoms with E-state index in [1.807, 2.05) is 0 Å². The number of azide groups is 1. The molecule has 0 bridgehead atoms. The second kappa shape index (κ2) is 4.65. The first-order valence-corrected chi connectivity index (χ1v) is 5.22. The zero-order chi connectivity index (χ0) is 13.3. The van der Waals surface area contributed by atoms with Crippen LogP contribution in [0, 0.1) is 6.92 Å². The van der Waals surface area contributed by atoms with E-state index in [0.717, 1.165) is 4.57 Å². The molecular weight excluding hydrogens is 242 g/mol. The molecule has 18 heavy (non-hydrogen) atoms. The number of aliphatic hydroxyl groups excluding tert-OH is 1. The summed E-state index contributed by atoms with van der Waals surface area (Å²) >= 11 is 0. The van der Waals surface area contributed by atoms with Gasteiger partial charge in [0, 0.05) is 23.1 Å². The minimum absolute atomic E-state index is 0.163. The zero-order valence-corrected chi connectivity index (χ0v) is 9.48. The Kier molecular flexibility index (Phi) is 3.19. The number of H-pyrrole nitrogens is 1. The number of nitrogens with one attached hydrogen (secondary N) is 1. The van der Waals surface area contributed by atoms with Gasteiger partial charge in [0.05, 0.1) is 6.04 Å². The Bertz CT molecular complexity index is 614. The van der Waals surface area contributed by atoms with Gasteiger partial charge in [-0.25, -0.2) is 4.79 Å². The molecule has 2 N–H and O–H groups in total. The van der Waals surface area contributed by atoms with Crippen LogP contribution in [-0.4, -0.2) is 27.0 Å². The average molecular weight is 253 g/mol. The van der Waals surface area contributed by atoms with Gasteiger partial charge in [0.15, 0.2) is 6.29 Å². The standard InChI is InChI=1S/C9H11N5O4/c1-4-3-14(9(17)11-7(4)15)6-2-5(12-13-10)8(16)18-6/h3,5-6,8,16H,2H2,1H3,(H,11,15,17)/t5-,6+,8-/m0/s1. The Labute approximate surface area is 100 Å². The first kappa shape index (κ1) is 12.4. The highest BCUT2D eigenvalue weighted by atomic mass is 16.6. The molecule has 0 unspecified atom stereocenters. The van der Waals surface area contributed by atoms with E-state index in [9.17, 15) is 14.7 Å². The van der Waals surface area contributed by atoms with Gasteiger partial charge >= 0.3 is 5.69 Å². The van der Waals surface area contributed by atoms with E-state index in [1.54, 1.807) is 6.92 Å². The summed E-state index contributed by atoms with van der Waals surface area (Å²) in [7, 11) is 0. The molecule has 0 amide bonds. The fourth-order valence-electron chi connectivity index (χ4n) is 1.78. The largest absolute Gasteiger partial charge is 0.367 e. The second-order valence-electron chi connectivity index (χ2n) is 3.97. The van der Waals surface area contributed by atoms with E-state index in [-0.39, 0.29) is 6.42 Å². The van der Waals surface area contributed by atoms with Gasteiger partial charge in [-0.3, -0.25) is 14.3 Å². The van der Waals surface area contributed by atoms with Crippen molar-refractivity contribution in [2.24, 2.45) is 5.11 Å². The number of ether oxygens (including phenoxy) is 1. The lowest BCUT2D eigenvalue weighted by Gasteiger charge is -2.13. The number of aliphatic hydroxyl groups is 1. The third kappa shape index (κ3) is 2.14. The molecule has 1 aliphatic rings. The molecule has 1 fully saturated rings. The van der Waals surface area contributed by atoms with Crippen molar-refractivity contribution in [1.29, 1.82) is 0 Å². The maximum absolute atomic E-state index is 11.6. The van der Waals surface area contributed by atoms with Crippen LogP contribution in [0.2, 0.25) is 0 Å². The van der Waals surface area contributed by atoms with Gasteiger partial charge in [-0.2, -0.15) is 0 Å². The maximum Gasteiger partial charge on any atom is 0.330 e. The van der Waals surface area contributed by atoms with Gasteiger partial charge in [-0.1, -0.05) is 5.11 Å². The third-order valence-corrected chi connectivity index (χ3v) is 2.72. The first-order chi connectivity index (χ1) is 8.52. The highest BCUT2D eigenvalue weighted by Crippen LogP contribution is 2.28. The fourth-order valence-corrected chi connectivity index (χ4v) is 1.78. The molecule has 0 saturated carbocycles. The molecule has 1 aliphatic heterocycles. The van der Waals surface area contributed by atoms with Crippen molar-refractivity contribution in [3.63, 3.8) is 0 Å². The van der Waals surface area contributed by atoms with Crippen molar-refractivity contribution < 1.29 is 9.84 Å². The topological polar surface area (TPSA) is 133 Å². The Morgan fingerprint density at radius 2 is 2.39 bits per heavy atom. The summed E-state index contributed by atoms with van der Waals surface area (Å²) in [5.74, 6) is 0. The minimum Gasteiger partial charge on any atom is -0.367 e. The molecular formula is C9H11N5O4.